The maximum atomic E-state index is 12.4. The number of benzene rings is 2. The molecule has 9 heteroatoms. The second-order valence-electron chi connectivity index (χ2n) is 5.85. The Bertz CT molecular complexity index is 1080. The van der Waals surface area contributed by atoms with Crippen molar-refractivity contribution in [3.8, 4) is 29.0 Å². The molecule has 4 rings (SSSR count). The number of thioether (sulfide) groups is 1. The number of para-hydroxylation sites is 1. The van der Waals surface area contributed by atoms with E-state index < -0.39 is 5.25 Å². The van der Waals surface area contributed by atoms with Crippen LogP contribution in [-0.4, -0.2) is 28.1 Å². The summed E-state index contributed by atoms with van der Waals surface area (Å²) >= 11 is 1.13. The average molecular weight is 394 g/mol. The van der Waals surface area contributed by atoms with Crippen LogP contribution in [0.2, 0.25) is 0 Å². The maximum Gasteiger partial charge on any atom is 0.277 e. The second-order valence-corrected chi connectivity index (χ2v) is 7.14. The van der Waals surface area contributed by atoms with Crippen molar-refractivity contribution >= 4 is 23.4 Å². The van der Waals surface area contributed by atoms with Gasteiger partial charge in [-0.2, -0.15) is 5.26 Å². The van der Waals surface area contributed by atoms with Gasteiger partial charge in [-0.3, -0.25) is 4.79 Å². The molecule has 0 saturated heterocycles. The summed E-state index contributed by atoms with van der Waals surface area (Å²) in [5.41, 5.74) is 1.56. The minimum atomic E-state index is -0.503. The largest absolute Gasteiger partial charge is 0.454 e. The molecule has 0 bridgehead atoms. The fraction of sp³-hybridized carbons (Fsp3) is 0.158. The summed E-state index contributed by atoms with van der Waals surface area (Å²) < 4.78 is 16.3. The molecule has 0 fully saturated rings. The highest BCUT2D eigenvalue weighted by Crippen LogP contribution is 2.36. The summed E-state index contributed by atoms with van der Waals surface area (Å²) in [6.45, 7) is 1.91. The van der Waals surface area contributed by atoms with E-state index in [9.17, 15) is 4.79 Å². The van der Waals surface area contributed by atoms with E-state index >= 15 is 0 Å². The zero-order valence-corrected chi connectivity index (χ0v) is 15.5. The molecule has 1 amide bonds. The van der Waals surface area contributed by atoms with Crippen LogP contribution in [0.25, 0.3) is 11.5 Å². The Morgan fingerprint density at radius 2 is 2.04 bits per heavy atom. The third-order valence-corrected chi connectivity index (χ3v) is 4.91. The lowest BCUT2D eigenvalue weighted by molar-refractivity contribution is -0.115. The van der Waals surface area contributed by atoms with E-state index in [0.29, 0.717) is 34.2 Å². The number of nitrogens with one attached hydrogen (secondary N) is 1. The quantitative estimate of drug-likeness (QED) is 0.655. The van der Waals surface area contributed by atoms with Crippen molar-refractivity contribution in [2.45, 2.75) is 17.4 Å². The van der Waals surface area contributed by atoms with Gasteiger partial charge in [0.1, 0.15) is 6.07 Å². The number of amides is 1. The Balaban J connectivity index is 1.43. The summed E-state index contributed by atoms with van der Waals surface area (Å²) in [5.74, 6) is 1.34. The van der Waals surface area contributed by atoms with E-state index in [-0.39, 0.29) is 17.9 Å². The molecule has 1 atom stereocenters. The lowest BCUT2D eigenvalue weighted by atomic mass is 10.2. The number of rotatable bonds is 5. The van der Waals surface area contributed by atoms with Gasteiger partial charge in [-0.05, 0) is 37.3 Å². The molecular formula is C19H14N4O4S. The van der Waals surface area contributed by atoms with Gasteiger partial charge in [0.15, 0.2) is 11.5 Å². The molecule has 0 unspecified atom stereocenters. The molecule has 0 radical (unpaired) electrons. The van der Waals surface area contributed by atoms with Crippen LogP contribution in [0.1, 0.15) is 12.5 Å². The standard InChI is InChI=1S/C19H14N4O4S/c1-11(17(24)21-14-5-3-2-4-13(14)9-20)28-19-23-22-18(27-19)12-6-7-15-16(8-12)26-10-25-15/h2-8,11H,10H2,1H3,(H,21,24)/t11-/m1/s1. The maximum absolute atomic E-state index is 12.4. The number of nitrogens with zero attached hydrogens (tertiary/aromatic N) is 3. The van der Waals surface area contributed by atoms with Crippen molar-refractivity contribution in [1.29, 1.82) is 5.26 Å². The van der Waals surface area contributed by atoms with Gasteiger partial charge in [0.25, 0.3) is 5.22 Å². The fourth-order valence-electron chi connectivity index (χ4n) is 2.53. The van der Waals surface area contributed by atoms with Crippen molar-refractivity contribution in [3.05, 3.63) is 48.0 Å². The predicted octanol–water partition coefficient (Wildman–Crippen LogP) is 3.46. The molecule has 1 N–H and O–H groups in total. The highest BCUT2D eigenvalue weighted by atomic mass is 32.2. The van der Waals surface area contributed by atoms with Crippen LogP contribution in [0.3, 0.4) is 0 Å². The minimum absolute atomic E-state index is 0.186. The molecular weight excluding hydrogens is 380 g/mol. The molecule has 2 aromatic carbocycles. The average Bonchev–Trinajstić information content (AvgIpc) is 3.37. The number of hydrogen-bond donors (Lipinski definition) is 1. The first kappa shape index (κ1) is 17.9. The third-order valence-electron chi connectivity index (χ3n) is 3.98. The van der Waals surface area contributed by atoms with Gasteiger partial charge in [-0.1, -0.05) is 23.9 Å². The number of nitriles is 1. The van der Waals surface area contributed by atoms with Gasteiger partial charge in [-0.25, -0.2) is 0 Å². The van der Waals surface area contributed by atoms with Gasteiger partial charge in [0, 0.05) is 5.56 Å². The molecule has 2 heterocycles. The van der Waals surface area contributed by atoms with Crippen molar-refractivity contribution in [2.75, 3.05) is 12.1 Å². The highest BCUT2D eigenvalue weighted by Gasteiger charge is 2.21. The van der Waals surface area contributed by atoms with Crippen LogP contribution < -0.4 is 14.8 Å². The van der Waals surface area contributed by atoms with Crippen LogP contribution >= 0.6 is 11.8 Å². The van der Waals surface area contributed by atoms with Crippen molar-refractivity contribution in [2.24, 2.45) is 0 Å². The highest BCUT2D eigenvalue weighted by molar-refractivity contribution is 8.00. The van der Waals surface area contributed by atoms with Gasteiger partial charge >= 0.3 is 0 Å². The first-order chi connectivity index (χ1) is 13.6. The number of aromatic nitrogens is 2. The van der Waals surface area contributed by atoms with Crippen LogP contribution in [0.4, 0.5) is 5.69 Å². The minimum Gasteiger partial charge on any atom is -0.454 e. The molecule has 3 aromatic rings. The van der Waals surface area contributed by atoms with E-state index in [1.54, 1.807) is 49.4 Å². The van der Waals surface area contributed by atoms with Gasteiger partial charge in [-0.15, -0.1) is 10.2 Å². The number of hydrogen-bond acceptors (Lipinski definition) is 8. The first-order valence-corrected chi connectivity index (χ1v) is 9.22. The summed E-state index contributed by atoms with van der Waals surface area (Å²) in [5, 5.41) is 19.6. The van der Waals surface area contributed by atoms with E-state index in [1.165, 1.54) is 0 Å². The van der Waals surface area contributed by atoms with Gasteiger partial charge in [0.2, 0.25) is 18.6 Å². The molecule has 8 nitrogen and oxygen atoms in total. The summed E-state index contributed by atoms with van der Waals surface area (Å²) in [6, 6.07) is 14.2. The first-order valence-electron chi connectivity index (χ1n) is 8.34. The topological polar surface area (TPSA) is 110 Å². The molecule has 1 aliphatic rings. The fourth-order valence-corrected chi connectivity index (χ4v) is 3.22. The number of fused-ring (bicyclic) bond motifs is 1. The second kappa shape index (κ2) is 7.62. The van der Waals surface area contributed by atoms with Crippen LogP contribution in [0, 0.1) is 11.3 Å². The molecule has 1 aromatic heterocycles. The lowest BCUT2D eigenvalue weighted by Crippen LogP contribution is -2.22. The Hall–Kier alpha value is -3.51. The smallest absolute Gasteiger partial charge is 0.277 e. The summed E-state index contributed by atoms with van der Waals surface area (Å²) in [7, 11) is 0. The van der Waals surface area contributed by atoms with Crippen LogP contribution in [-0.2, 0) is 4.79 Å². The predicted molar refractivity (Wildman–Crippen MR) is 101 cm³/mol. The molecule has 140 valence electrons. The van der Waals surface area contributed by atoms with Crippen molar-refractivity contribution < 1.29 is 18.7 Å². The molecule has 1 aliphatic heterocycles. The van der Waals surface area contributed by atoms with Crippen LogP contribution in [0.5, 0.6) is 11.5 Å². The molecule has 0 saturated carbocycles. The van der Waals surface area contributed by atoms with Crippen LogP contribution in [0.15, 0.2) is 52.1 Å². The molecule has 28 heavy (non-hydrogen) atoms. The SMILES string of the molecule is C[C@@H](Sc1nnc(-c2ccc3c(c2)OCO3)o1)C(=O)Nc1ccccc1C#N. The normalized spacial score (nSPS) is 13.0. The molecule has 0 spiro atoms. The third kappa shape index (κ3) is 3.63. The Morgan fingerprint density at radius 1 is 1.21 bits per heavy atom. The van der Waals surface area contributed by atoms with E-state index in [1.807, 2.05) is 6.07 Å². The van der Waals surface area contributed by atoms with Gasteiger partial charge in [0.05, 0.1) is 16.5 Å². The Morgan fingerprint density at radius 3 is 2.89 bits per heavy atom. The Kier molecular flexibility index (Phi) is 4.87. The number of carbonyl (C=O) groups excluding carboxylic acids is 1. The zero-order chi connectivity index (χ0) is 19.5. The van der Waals surface area contributed by atoms with E-state index in [2.05, 4.69) is 15.5 Å². The zero-order valence-electron chi connectivity index (χ0n) is 14.7. The number of ether oxygens (including phenoxy) is 2. The number of carbonyl (C=O) groups is 1. The lowest BCUT2D eigenvalue weighted by Gasteiger charge is -2.10. The number of anilines is 1. The van der Waals surface area contributed by atoms with Crippen molar-refractivity contribution in [1.82, 2.24) is 10.2 Å². The van der Waals surface area contributed by atoms with Crippen molar-refractivity contribution in [3.63, 3.8) is 0 Å². The summed E-state index contributed by atoms with van der Waals surface area (Å²) in [4.78, 5) is 12.4. The monoisotopic (exact) mass is 394 g/mol. The molecule has 0 aliphatic carbocycles. The van der Waals surface area contributed by atoms with E-state index in [0.717, 1.165) is 11.8 Å². The van der Waals surface area contributed by atoms with Gasteiger partial charge < -0.3 is 19.2 Å². The summed E-state index contributed by atoms with van der Waals surface area (Å²) in [6.07, 6.45) is 0. The van der Waals surface area contributed by atoms with E-state index in [4.69, 9.17) is 19.2 Å². The Labute approximate surface area is 164 Å².